The normalized spacial score (nSPS) is 19.2. The van der Waals surface area contributed by atoms with Crippen molar-refractivity contribution in [2.45, 2.75) is 38.1 Å². The maximum atomic E-state index is 10.9. The van der Waals surface area contributed by atoms with E-state index in [9.17, 15) is 10.0 Å². The van der Waals surface area contributed by atoms with Crippen LogP contribution in [0.4, 0.5) is 4.79 Å². The maximum Gasteiger partial charge on any atom is 0.338 e. The van der Waals surface area contributed by atoms with Gasteiger partial charge in [0, 0.05) is 0 Å². The van der Waals surface area contributed by atoms with E-state index in [0.29, 0.717) is 5.06 Å². The Morgan fingerprint density at radius 1 is 1.62 bits per heavy atom. The third kappa shape index (κ3) is 1.57. The van der Waals surface area contributed by atoms with E-state index in [1.807, 2.05) is 19.1 Å². The molecule has 0 radical (unpaired) electrons. The van der Waals surface area contributed by atoms with E-state index in [4.69, 9.17) is 10.2 Å². The number of carbonyl (C=O) groups excluding carboxylic acids is 1. The monoisotopic (exact) mass is 224 g/mol. The molecule has 1 aromatic heterocycles. The molecule has 3 N–H and O–H groups in total. The van der Waals surface area contributed by atoms with Crippen molar-refractivity contribution in [3.63, 3.8) is 0 Å². The van der Waals surface area contributed by atoms with E-state index in [0.717, 1.165) is 24.4 Å². The molecule has 16 heavy (non-hydrogen) atoms. The van der Waals surface area contributed by atoms with Gasteiger partial charge < -0.3 is 10.2 Å². The van der Waals surface area contributed by atoms with Gasteiger partial charge >= 0.3 is 6.03 Å². The lowest BCUT2D eigenvalue weighted by Gasteiger charge is -2.27. The Balaban J connectivity index is 2.23. The molecular formula is C11H16N2O3. The molecule has 0 aromatic carbocycles. The summed E-state index contributed by atoms with van der Waals surface area (Å²) in [6, 6.07) is 2.58. The number of nitrogens with two attached hydrogens (primary N) is 1. The standard InChI is InChI=1S/C11H16N2O3/c1-7-3-4-9(16-7)11(5-6-11)8(2)13(15)10(12)14/h3-4,8,15H,5-6H2,1-2H3,(H2,12,14). The number of hydrogen-bond acceptors (Lipinski definition) is 3. The third-order valence-electron chi connectivity index (χ3n) is 3.41. The lowest BCUT2D eigenvalue weighted by molar-refractivity contribution is -0.0820. The second-order valence-electron chi connectivity index (χ2n) is 4.43. The number of aryl methyl sites for hydroxylation is 1. The van der Waals surface area contributed by atoms with Crippen molar-refractivity contribution in [1.29, 1.82) is 0 Å². The summed E-state index contributed by atoms with van der Waals surface area (Å²) in [7, 11) is 0. The molecule has 0 aliphatic heterocycles. The van der Waals surface area contributed by atoms with Crippen LogP contribution in [0.1, 0.15) is 31.3 Å². The van der Waals surface area contributed by atoms with Gasteiger partial charge in [0.15, 0.2) is 0 Å². The Labute approximate surface area is 93.8 Å². The molecule has 1 aliphatic rings. The average molecular weight is 224 g/mol. The number of urea groups is 1. The Hall–Kier alpha value is -1.49. The van der Waals surface area contributed by atoms with Crippen molar-refractivity contribution in [3.05, 3.63) is 23.7 Å². The number of carbonyl (C=O) groups is 1. The van der Waals surface area contributed by atoms with Crippen LogP contribution < -0.4 is 5.73 Å². The van der Waals surface area contributed by atoms with E-state index < -0.39 is 6.03 Å². The fraction of sp³-hybridized carbons (Fsp3) is 0.545. The molecule has 0 bridgehead atoms. The van der Waals surface area contributed by atoms with Crippen LogP contribution in [-0.2, 0) is 5.41 Å². The molecule has 0 saturated heterocycles. The zero-order valence-corrected chi connectivity index (χ0v) is 9.43. The van der Waals surface area contributed by atoms with Crippen LogP contribution in [-0.4, -0.2) is 22.3 Å². The number of furan rings is 1. The molecule has 1 heterocycles. The van der Waals surface area contributed by atoms with Gasteiger partial charge in [-0.15, -0.1) is 0 Å². The van der Waals surface area contributed by atoms with Crippen molar-refractivity contribution in [2.24, 2.45) is 5.73 Å². The van der Waals surface area contributed by atoms with Crippen molar-refractivity contribution in [1.82, 2.24) is 5.06 Å². The Morgan fingerprint density at radius 3 is 2.62 bits per heavy atom. The van der Waals surface area contributed by atoms with Crippen LogP contribution in [0.25, 0.3) is 0 Å². The first-order chi connectivity index (χ1) is 7.47. The minimum atomic E-state index is -0.831. The summed E-state index contributed by atoms with van der Waals surface area (Å²) in [6.07, 6.45) is 1.79. The molecule has 5 heteroatoms. The molecule has 2 rings (SSSR count). The number of hydroxylamine groups is 2. The molecule has 1 fully saturated rings. The summed E-state index contributed by atoms with van der Waals surface area (Å²) in [5.41, 5.74) is 4.79. The predicted molar refractivity (Wildman–Crippen MR) is 57.0 cm³/mol. The summed E-state index contributed by atoms with van der Waals surface area (Å²) in [6.45, 7) is 3.64. The van der Waals surface area contributed by atoms with Crippen LogP contribution in [0.3, 0.4) is 0 Å². The number of nitrogens with zero attached hydrogens (tertiary/aromatic N) is 1. The van der Waals surface area contributed by atoms with E-state index in [1.165, 1.54) is 0 Å². The van der Waals surface area contributed by atoms with Crippen molar-refractivity contribution >= 4 is 6.03 Å². The first-order valence-electron chi connectivity index (χ1n) is 5.32. The number of primary amides is 1. The quantitative estimate of drug-likeness (QED) is 0.606. The maximum absolute atomic E-state index is 10.9. The van der Waals surface area contributed by atoms with Crippen LogP contribution in [0.5, 0.6) is 0 Å². The van der Waals surface area contributed by atoms with Gasteiger partial charge in [-0.3, -0.25) is 5.21 Å². The Morgan fingerprint density at radius 2 is 2.25 bits per heavy atom. The molecule has 88 valence electrons. The number of hydrogen-bond donors (Lipinski definition) is 2. The van der Waals surface area contributed by atoms with Gasteiger partial charge in [0.05, 0.1) is 11.5 Å². The first-order valence-corrected chi connectivity index (χ1v) is 5.32. The molecule has 0 spiro atoms. The highest BCUT2D eigenvalue weighted by Gasteiger charge is 2.54. The molecule has 5 nitrogen and oxygen atoms in total. The van der Waals surface area contributed by atoms with Gasteiger partial charge in [0.1, 0.15) is 11.5 Å². The Kier molecular flexibility index (Phi) is 2.42. The third-order valence-corrected chi connectivity index (χ3v) is 3.41. The van der Waals surface area contributed by atoms with E-state index >= 15 is 0 Å². The minimum absolute atomic E-state index is 0.266. The summed E-state index contributed by atoms with van der Waals surface area (Å²) >= 11 is 0. The van der Waals surface area contributed by atoms with Gasteiger partial charge in [-0.2, -0.15) is 0 Å². The second kappa shape index (κ2) is 3.52. The first kappa shape index (κ1) is 11.0. The van der Waals surface area contributed by atoms with Gasteiger partial charge in [0.2, 0.25) is 0 Å². The summed E-state index contributed by atoms with van der Waals surface area (Å²) in [4.78, 5) is 10.9. The van der Waals surface area contributed by atoms with Gasteiger partial charge in [-0.05, 0) is 38.8 Å². The molecule has 1 atom stereocenters. The van der Waals surface area contributed by atoms with Crippen molar-refractivity contribution in [3.8, 4) is 0 Å². The minimum Gasteiger partial charge on any atom is -0.466 e. The molecule has 1 aromatic rings. The zero-order chi connectivity index (χ0) is 11.9. The summed E-state index contributed by atoms with van der Waals surface area (Å²) in [5, 5.41) is 10.1. The van der Waals surface area contributed by atoms with Crippen LogP contribution in [0.15, 0.2) is 16.5 Å². The van der Waals surface area contributed by atoms with E-state index in [2.05, 4.69) is 0 Å². The van der Waals surface area contributed by atoms with Crippen molar-refractivity contribution < 1.29 is 14.4 Å². The fourth-order valence-corrected chi connectivity index (χ4v) is 2.13. The van der Waals surface area contributed by atoms with Crippen LogP contribution in [0.2, 0.25) is 0 Å². The SMILES string of the molecule is Cc1ccc(C2(C(C)N(O)C(N)=O)CC2)o1. The second-order valence-corrected chi connectivity index (χ2v) is 4.43. The predicted octanol–water partition coefficient (Wildman–Crippen LogP) is 1.78. The fourth-order valence-electron chi connectivity index (χ4n) is 2.13. The van der Waals surface area contributed by atoms with Gasteiger partial charge in [-0.25, -0.2) is 9.86 Å². The van der Waals surface area contributed by atoms with Gasteiger partial charge in [0.25, 0.3) is 0 Å². The smallest absolute Gasteiger partial charge is 0.338 e. The number of amides is 2. The van der Waals surface area contributed by atoms with Crippen molar-refractivity contribution in [2.75, 3.05) is 0 Å². The largest absolute Gasteiger partial charge is 0.466 e. The molecule has 2 amide bonds. The molecule has 1 saturated carbocycles. The molecule has 1 unspecified atom stereocenters. The molecular weight excluding hydrogens is 208 g/mol. The highest BCUT2D eigenvalue weighted by atomic mass is 16.5. The highest BCUT2D eigenvalue weighted by molar-refractivity contribution is 5.71. The van der Waals surface area contributed by atoms with Crippen LogP contribution in [0, 0.1) is 6.92 Å². The van der Waals surface area contributed by atoms with Gasteiger partial charge in [-0.1, -0.05) is 0 Å². The van der Waals surface area contributed by atoms with E-state index in [1.54, 1.807) is 6.92 Å². The topological polar surface area (TPSA) is 79.7 Å². The lowest BCUT2D eigenvalue weighted by atomic mass is 9.94. The van der Waals surface area contributed by atoms with Crippen LogP contribution >= 0.6 is 0 Å². The lowest BCUT2D eigenvalue weighted by Crippen LogP contribution is -2.45. The zero-order valence-electron chi connectivity index (χ0n) is 9.43. The average Bonchev–Trinajstić information content (AvgIpc) is 2.94. The Bertz CT molecular complexity index is 409. The summed E-state index contributed by atoms with van der Waals surface area (Å²) < 4.78 is 5.57. The highest BCUT2D eigenvalue weighted by Crippen LogP contribution is 2.52. The summed E-state index contributed by atoms with van der Waals surface area (Å²) in [5.74, 6) is 1.65. The molecule has 1 aliphatic carbocycles. The number of rotatable bonds is 3. The van der Waals surface area contributed by atoms with E-state index in [-0.39, 0.29) is 11.5 Å².